The van der Waals surface area contributed by atoms with E-state index in [0.717, 1.165) is 17.5 Å². The third-order valence-electron chi connectivity index (χ3n) is 5.33. The van der Waals surface area contributed by atoms with E-state index in [9.17, 15) is 21.6 Å². The monoisotopic (exact) mass is 415 g/mol. The minimum atomic E-state index is -3.74. The van der Waals surface area contributed by atoms with E-state index >= 15 is 0 Å². The number of rotatable bonds is 3. The van der Waals surface area contributed by atoms with Crippen LogP contribution in [0.1, 0.15) is 25.8 Å². The lowest BCUT2D eigenvalue weighted by molar-refractivity contribution is -0.119. The summed E-state index contributed by atoms with van der Waals surface area (Å²) in [5.41, 5.74) is 1.08. The third kappa shape index (κ3) is 3.63. The average molecular weight is 416 g/mol. The standard InChI is InChI=1S/C17H25N3O5S2/c1-17(2)12-16(21)18(3)15-6-5-13(11-14(15)17)27(24,25)20-9-7-19(8-10-20)26(4,22)23/h5-6,11H,7-10,12H2,1-4H3. The van der Waals surface area contributed by atoms with Crippen molar-refractivity contribution < 1.29 is 21.6 Å². The number of piperazine rings is 1. The molecule has 1 amide bonds. The fourth-order valence-electron chi connectivity index (χ4n) is 3.63. The molecule has 0 radical (unpaired) electrons. The number of fused-ring (bicyclic) bond motifs is 1. The summed E-state index contributed by atoms with van der Waals surface area (Å²) in [7, 11) is -5.37. The van der Waals surface area contributed by atoms with Crippen LogP contribution in [0.3, 0.4) is 0 Å². The topological polar surface area (TPSA) is 95.1 Å². The van der Waals surface area contributed by atoms with Crippen LogP contribution in [0, 0.1) is 0 Å². The minimum Gasteiger partial charge on any atom is -0.315 e. The lowest BCUT2D eigenvalue weighted by Crippen LogP contribution is -2.50. The van der Waals surface area contributed by atoms with Crippen molar-refractivity contribution in [3.8, 4) is 0 Å². The Hall–Kier alpha value is -1.49. The van der Waals surface area contributed by atoms with Crippen LogP contribution in [-0.2, 0) is 30.3 Å². The minimum absolute atomic E-state index is 0.00000370. The van der Waals surface area contributed by atoms with E-state index in [4.69, 9.17) is 0 Å². The third-order valence-corrected chi connectivity index (χ3v) is 8.53. The molecule has 27 heavy (non-hydrogen) atoms. The van der Waals surface area contributed by atoms with E-state index in [2.05, 4.69) is 0 Å². The van der Waals surface area contributed by atoms with Gasteiger partial charge in [-0.2, -0.15) is 8.61 Å². The van der Waals surface area contributed by atoms with Gasteiger partial charge in [0, 0.05) is 50.7 Å². The molecule has 1 saturated heterocycles. The SMILES string of the molecule is CN1C(=O)CC(C)(C)c2cc(S(=O)(=O)N3CCN(S(C)(=O)=O)CC3)ccc21. The fourth-order valence-corrected chi connectivity index (χ4v) is 5.90. The Morgan fingerprint density at radius 2 is 1.52 bits per heavy atom. The highest BCUT2D eigenvalue weighted by atomic mass is 32.2. The number of sulfonamides is 2. The number of benzene rings is 1. The van der Waals surface area contributed by atoms with Gasteiger partial charge < -0.3 is 4.90 Å². The highest BCUT2D eigenvalue weighted by Crippen LogP contribution is 2.41. The number of nitrogens with zero attached hydrogens (tertiary/aromatic N) is 3. The van der Waals surface area contributed by atoms with Crippen molar-refractivity contribution in [1.82, 2.24) is 8.61 Å². The second-order valence-corrected chi connectivity index (χ2v) is 11.7. The smallest absolute Gasteiger partial charge is 0.243 e. The maximum absolute atomic E-state index is 13.1. The van der Waals surface area contributed by atoms with E-state index in [0.29, 0.717) is 6.42 Å². The number of carbonyl (C=O) groups is 1. The summed E-state index contributed by atoms with van der Waals surface area (Å²) in [6.45, 7) is 4.38. The zero-order valence-electron chi connectivity index (χ0n) is 16.0. The molecular weight excluding hydrogens is 390 g/mol. The van der Waals surface area contributed by atoms with Crippen molar-refractivity contribution in [3.05, 3.63) is 23.8 Å². The number of carbonyl (C=O) groups excluding carboxylic acids is 1. The van der Waals surface area contributed by atoms with Gasteiger partial charge in [0.1, 0.15) is 0 Å². The lowest BCUT2D eigenvalue weighted by atomic mass is 9.77. The maximum atomic E-state index is 13.1. The molecule has 2 aliphatic rings. The molecular formula is C17H25N3O5S2. The predicted octanol–water partition coefficient (Wildman–Crippen LogP) is 0.597. The van der Waals surface area contributed by atoms with Gasteiger partial charge in [0.2, 0.25) is 26.0 Å². The molecule has 0 N–H and O–H groups in total. The molecule has 2 heterocycles. The van der Waals surface area contributed by atoms with Crippen molar-refractivity contribution in [2.24, 2.45) is 0 Å². The lowest BCUT2D eigenvalue weighted by Gasteiger charge is -2.37. The van der Waals surface area contributed by atoms with Gasteiger partial charge in [-0.1, -0.05) is 13.8 Å². The predicted molar refractivity (Wildman–Crippen MR) is 103 cm³/mol. The molecule has 8 nitrogen and oxygen atoms in total. The zero-order chi connectivity index (χ0) is 20.2. The van der Waals surface area contributed by atoms with Crippen molar-refractivity contribution in [2.45, 2.75) is 30.6 Å². The van der Waals surface area contributed by atoms with E-state index in [1.807, 2.05) is 13.8 Å². The Balaban J connectivity index is 1.92. The molecule has 150 valence electrons. The summed E-state index contributed by atoms with van der Waals surface area (Å²) < 4.78 is 52.0. The van der Waals surface area contributed by atoms with Crippen molar-refractivity contribution in [2.75, 3.05) is 44.4 Å². The van der Waals surface area contributed by atoms with Gasteiger partial charge in [-0.05, 0) is 23.8 Å². The first-order chi connectivity index (χ1) is 12.3. The van der Waals surface area contributed by atoms with Crippen molar-refractivity contribution in [3.63, 3.8) is 0 Å². The van der Waals surface area contributed by atoms with Crippen LogP contribution in [0.5, 0.6) is 0 Å². The molecule has 3 rings (SSSR count). The molecule has 0 spiro atoms. The van der Waals surface area contributed by atoms with Crippen molar-refractivity contribution >= 4 is 31.6 Å². The summed E-state index contributed by atoms with van der Waals surface area (Å²) in [5, 5.41) is 0. The molecule has 0 atom stereocenters. The number of amides is 1. The Labute approximate surface area is 160 Å². The molecule has 1 aromatic carbocycles. The molecule has 2 aliphatic heterocycles. The summed E-state index contributed by atoms with van der Waals surface area (Å²) in [6.07, 6.45) is 1.44. The summed E-state index contributed by atoms with van der Waals surface area (Å²) in [4.78, 5) is 13.9. The maximum Gasteiger partial charge on any atom is 0.243 e. The van der Waals surface area contributed by atoms with Crippen LogP contribution in [0.25, 0.3) is 0 Å². The largest absolute Gasteiger partial charge is 0.315 e. The van der Waals surface area contributed by atoms with Gasteiger partial charge in [0.25, 0.3) is 0 Å². The number of hydrogen-bond acceptors (Lipinski definition) is 5. The van der Waals surface area contributed by atoms with E-state index in [1.165, 1.54) is 14.7 Å². The van der Waals surface area contributed by atoms with Crippen LogP contribution in [0.4, 0.5) is 5.69 Å². The van der Waals surface area contributed by atoms with Gasteiger partial charge in [-0.3, -0.25) is 4.79 Å². The quantitative estimate of drug-likeness (QED) is 0.720. The van der Waals surface area contributed by atoms with E-state index in [-0.39, 0.29) is 37.0 Å². The summed E-state index contributed by atoms with van der Waals surface area (Å²) in [5.74, 6) is 0.00000370. The molecule has 1 aromatic rings. The second-order valence-electron chi connectivity index (χ2n) is 7.76. The first-order valence-corrected chi connectivity index (χ1v) is 12.0. The van der Waals surface area contributed by atoms with Gasteiger partial charge >= 0.3 is 0 Å². The molecule has 0 aliphatic carbocycles. The highest BCUT2D eigenvalue weighted by Gasteiger charge is 2.37. The first-order valence-electron chi connectivity index (χ1n) is 8.70. The van der Waals surface area contributed by atoms with Crippen LogP contribution < -0.4 is 4.90 Å². The van der Waals surface area contributed by atoms with Gasteiger partial charge in [0.15, 0.2) is 0 Å². The van der Waals surface area contributed by atoms with Gasteiger partial charge in [-0.15, -0.1) is 0 Å². The summed E-state index contributed by atoms with van der Waals surface area (Å²) in [6, 6.07) is 4.84. The van der Waals surface area contributed by atoms with Gasteiger partial charge in [0.05, 0.1) is 11.2 Å². The van der Waals surface area contributed by atoms with E-state index < -0.39 is 25.5 Å². The molecule has 0 aromatic heterocycles. The van der Waals surface area contributed by atoms with Gasteiger partial charge in [-0.25, -0.2) is 16.8 Å². The molecule has 0 unspecified atom stereocenters. The van der Waals surface area contributed by atoms with Crippen LogP contribution in [0.15, 0.2) is 23.1 Å². The molecule has 0 bridgehead atoms. The van der Waals surface area contributed by atoms with Crippen LogP contribution in [0.2, 0.25) is 0 Å². The fraction of sp³-hybridized carbons (Fsp3) is 0.588. The normalized spacial score (nSPS) is 21.9. The number of hydrogen-bond donors (Lipinski definition) is 0. The van der Waals surface area contributed by atoms with Crippen molar-refractivity contribution in [1.29, 1.82) is 0 Å². The zero-order valence-corrected chi connectivity index (χ0v) is 17.6. The number of anilines is 1. The Bertz CT molecular complexity index is 978. The highest BCUT2D eigenvalue weighted by molar-refractivity contribution is 7.89. The molecule has 1 fully saturated rings. The first kappa shape index (κ1) is 20.2. The summed E-state index contributed by atoms with van der Waals surface area (Å²) >= 11 is 0. The molecule has 0 saturated carbocycles. The second kappa shape index (κ2) is 6.54. The molecule has 10 heteroatoms. The Kier molecular flexibility index (Phi) is 4.91. The van der Waals surface area contributed by atoms with Crippen LogP contribution >= 0.6 is 0 Å². The van der Waals surface area contributed by atoms with E-state index in [1.54, 1.807) is 24.1 Å². The van der Waals surface area contributed by atoms with Crippen LogP contribution in [-0.4, -0.2) is 70.8 Å². The Morgan fingerprint density at radius 1 is 0.963 bits per heavy atom. The Morgan fingerprint density at radius 3 is 2.07 bits per heavy atom. The average Bonchev–Trinajstić information content (AvgIpc) is 2.58.